The molecule has 0 aliphatic carbocycles. The van der Waals surface area contributed by atoms with Gasteiger partial charge in [-0.2, -0.15) is 4.98 Å². The van der Waals surface area contributed by atoms with Gasteiger partial charge in [0.05, 0.1) is 6.54 Å². The van der Waals surface area contributed by atoms with Crippen LogP contribution in [0.5, 0.6) is 0 Å². The molecule has 1 aromatic heterocycles. The van der Waals surface area contributed by atoms with Crippen molar-refractivity contribution in [3.8, 4) is 0 Å². The predicted octanol–water partition coefficient (Wildman–Crippen LogP) is 1.25. The first kappa shape index (κ1) is 10.6. The van der Waals surface area contributed by atoms with E-state index in [-0.39, 0.29) is 0 Å². The number of aryl methyl sites for hydroxylation is 1. The smallest absolute Gasteiger partial charge is 0.223 e. The topological polar surface area (TPSA) is 77.0 Å². The van der Waals surface area contributed by atoms with Gasteiger partial charge in [0.15, 0.2) is 5.82 Å². The van der Waals surface area contributed by atoms with E-state index in [2.05, 4.69) is 15.5 Å². The third-order valence-electron chi connectivity index (χ3n) is 2.22. The molecule has 0 bridgehead atoms. The second kappa shape index (κ2) is 4.76. The second-order valence-corrected chi connectivity index (χ2v) is 3.53. The molecule has 84 valence electrons. The summed E-state index contributed by atoms with van der Waals surface area (Å²) in [5, 5.41) is 7.00. The molecule has 1 heterocycles. The molecule has 0 fully saturated rings. The fourth-order valence-corrected chi connectivity index (χ4v) is 1.42. The molecule has 5 nitrogen and oxygen atoms in total. The van der Waals surface area contributed by atoms with Crippen molar-refractivity contribution < 1.29 is 4.52 Å². The number of nitrogens with two attached hydrogens (primary N) is 1. The highest BCUT2D eigenvalue weighted by Gasteiger charge is 2.02. The van der Waals surface area contributed by atoms with Crippen LogP contribution in [0.2, 0.25) is 0 Å². The van der Waals surface area contributed by atoms with Gasteiger partial charge in [0.2, 0.25) is 5.89 Å². The maximum absolute atomic E-state index is 5.81. The number of hydrogen-bond donors (Lipinski definition) is 2. The van der Waals surface area contributed by atoms with Crippen LogP contribution in [0.1, 0.15) is 17.3 Å². The lowest BCUT2D eigenvalue weighted by atomic mass is 10.2. The van der Waals surface area contributed by atoms with Crippen molar-refractivity contribution in [1.29, 1.82) is 0 Å². The van der Waals surface area contributed by atoms with Crippen LogP contribution in [-0.4, -0.2) is 10.1 Å². The van der Waals surface area contributed by atoms with E-state index < -0.39 is 0 Å². The van der Waals surface area contributed by atoms with E-state index in [0.717, 1.165) is 11.3 Å². The summed E-state index contributed by atoms with van der Waals surface area (Å²) in [5.41, 5.74) is 7.68. The molecule has 0 saturated heterocycles. The highest BCUT2D eigenvalue weighted by atomic mass is 16.5. The van der Waals surface area contributed by atoms with Gasteiger partial charge in [-0.3, -0.25) is 0 Å². The van der Waals surface area contributed by atoms with E-state index in [4.69, 9.17) is 10.3 Å². The van der Waals surface area contributed by atoms with Gasteiger partial charge in [-0.05, 0) is 11.6 Å². The number of nitrogens with zero attached hydrogens (tertiary/aromatic N) is 2. The molecule has 0 atom stereocenters. The van der Waals surface area contributed by atoms with Gasteiger partial charge < -0.3 is 15.6 Å². The normalized spacial score (nSPS) is 10.6. The highest BCUT2D eigenvalue weighted by Crippen LogP contribution is 2.09. The first-order chi connectivity index (χ1) is 7.75. The largest absolute Gasteiger partial charge is 0.398 e. The van der Waals surface area contributed by atoms with E-state index >= 15 is 0 Å². The van der Waals surface area contributed by atoms with Crippen molar-refractivity contribution in [2.24, 2.45) is 0 Å². The lowest BCUT2D eigenvalue weighted by molar-refractivity contribution is 0.385. The Morgan fingerprint density at radius 3 is 2.81 bits per heavy atom. The Kier molecular flexibility index (Phi) is 3.16. The first-order valence-electron chi connectivity index (χ1n) is 5.09. The summed E-state index contributed by atoms with van der Waals surface area (Å²) in [6.45, 7) is 3.04. The van der Waals surface area contributed by atoms with Crippen LogP contribution in [0.25, 0.3) is 0 Å². The van der Waals surface area contributed by atoms with Crippen LogP contribution in [0.15, 0.2) is 28.8 Å². The number of hydrogen-bond acceptors (Lipinski definition) is 5. The molecule has 0 amide bonds. The molecule has 5 heteroatoms. The summed E-state index contributed by atoms with van der Waals surface area (Å²) in [6.07, 6.45) is 0. The van der Waals surface area contributed by atoms with E-state index in [9.17, 15) is 0 Å². The predicted molar refractivity (Wildman–Crippen MR) is 60.4 cm³/mol. The van der Waals surface area contributed by atoms with E-state index in [1.807, 2.05) is 24.3 Å². The average molecular weight is 218 g/mol. The fourth-order valence-electron chi connectivity index (χ4n) is 1.42. The number of nitrogen functional groups attached to an aromatic ring is 1. The maximum atomic E-state index is 5.81. The monoisotopic (exact) mass is 218 g/mol. The lowest BCUT2D eigenvalue weighted by Gasteiger charge is -2.05. The van der Waals surface area contributed by atoms with Gasteiger partial charge >= 0.3 is 0 Å². The zero-order chi connectivity index (χ0) is 11.4. The quantitative estimate of drug-likeness (QED) is 0.755. The Labute approximate surface area is 93.7 Å². The molecule has 0 unspecified atom stereocenters. The highest BCUT2D eigenvalue weighted by molar-refractivity contribution is 5.46. The average Bonchev–Trinajstić information content (AvgIpc) is 2.67. The summed E-state index contributed by atoms with van der Waals surface area (Å²) in [4.78, 5) is 4.09. The van der Waals surface area contributed by atoms with Gasteiger partial charge in [-0.25, -0.2) is 0 Å². The van der Waals surface area contributed by atoms with Crippen LogP contribution < -0.4 is 11.1 Å². The van der Waals surface area contributed by atoms with Crippen LogP contribution >= 0.6 is 0 Å². The minimum absolute atomic E-state index is 0.575. The van der Waals surface area contributed by atoms with Gasteiger partial charge in [0, 0.05) is 19.2 Å². The summed E-state index contributed by atoms with van der Waals surface area (Å²) >= 11 is 0. The Bertz CT molecular complexity index is 467. The second-order valence-electron chi connectivity index (χ2n) is 3.53. The molecule has 0 aliphatic rings. The maximum Gasteiger partial charge on any atom is 0.223 e. The summed E-state index contributed by atoms with van der Waals surface area (Å²) in [6, 6.07) is 7.76. The molecule has 1 aromatic carbocycles. The van der Waals surface area contributed by atoms with E-state index in [1.54, 1.807) is 6.92 Å². The zero-order valence-electron chi connectivity index (χ0n) is 9.10. The summed E-state index contributed by atoms with van der Waals surface area (Å²) in [5.74, 6) is 1.24. The van der Waals surface area contributed by atoms with Gasteiger partial charge in [-0.1, -0.05) is 23.4 Å². The first-order valence-corrected chi connectivity index (χ1v) is 5.09. The molecule has 0 radical (unpaired) electrons. The molecule has 16 heavy (non-hydrogen) atoms. The Morgan fingerprint density at radius 2 is 2.12 bits per heavy atom. The number of benzene rings is 1. The minimum Gasteiger partial charge on any atom is -0.398 e. The third kappa shape index (κ3) is 2.58. The van der Waals surface area contributed by atoms with Crippen molar-refractivity contribution >= 4 is 5.69 Å². The Morgan fingerprint density at radius 1 is 1.31 bits per heavy atom. The minimum atomic E-state index is 0.575. The third-order valence-corrected chi connectivity index (χ3v) is 2.22. The number of rotatable bonds is 4. The van der Waals surface area contributed by atoms with Crippen molar-refractivity contribution in [2.75, 3.05) is 5.73 Å². The summed E-state index contributed by atoms with van der Waals surface area (Å²) in [7, 11) is 0. The number of para-hydroxylation sites is 1. The summed E-state index contributed by atoms with van der Waals surface area (Å²) < 4.78 is 4.87. The van der Waals surface area contributed by atoms with Crippen LogP contribution in [0.4, 0.5) is 5.69 Å². The van der Waals surface area contributed by atoms with Crippen LogP contribution in [0, 0.1) is 6.92 Å². The zero-order valence-corrected chi connectivity index (χ0v) is 9.10. The van der Waals surface area contributed by atoms with Gasteiger partial charge in [0.25, 0.3) is 0 Å². The SMILES string of the molecule is Cc1nc(CNCc2ccccc2N)no1. The van der Waals surface area contributed by atoms with E-state index in [0.29, 0.717) is 24.8 Å². The lowest BCUT2D eigenvalue weighted by Crippen LogP contribution is -2.14. The Balaban J connectivity index is 1.87. The molecular formula is C11H14N4O. The van der Waals surface area contributed by atoms with Crippen molar-refractivity contribution in [3.05, 3.63) is 41.5 Å². The molecular weight excluding hydrogens is 204 g/mol. The Hall–Kier alpha value is -1.88. The fraction of sp³-hybridized carbons (Fsp3) is 0.273. The molecule has 2 rings (SSSR count). The standard InChI is InChI=1S/C11H14N4O/c1-8-14-11(15-16-8)7-13-6-9-4-2-3-5-10(9)12/h2-5,13H,6-7,12H2,1H3. The molecule has 2 aromatic rings. The van der Waals surface area contributed by atoms with Gasteiger partial charge in [0.1, 0.15) is 0 Å². The molecule has 3 N–H and O–H groups in total. The molecule has 0 saturated carbocycles. The van der Waals surface area contributed by atoms with Crippen molar-refractivity contribution in [1.82, 2.24) is 15.5 Å². The van der Waals surface area contributed by atoms with Crippen molar-refractivity contribution in [3.63, 3.8) is 0 Å². The van der Waals surface area contributed by atoms with E-state index in [1.165, 1.54) is 0 Å². The van der Waals surface area contributed by atoms with Crippen LogP contribution in [-0.2, 0) is 13.1 Å². The number of anilines is 1. The molecule has 0 spiro atoms. The van der Waals surface area contributed by atoms with Gasteiger partial charge in [-0.15, -0.1) is 0 Å². The number of nitrogens with one attached hydrogen (secondary N) is 1. The van der Waals surface area contributed by atoms with Crippen molar-refractivity contribution in [2.45, 2.75) is 20.0 Å². The van der Waals surface area contributed by atoms with Crippen LogP contribution in [0.3, 0.4) is 0 Å². The number of aromatic nitrogens is 2. The molecule has 0 aliphatic heterocycles.